The smallest absolute Gasteiger partial charge is 0.140 e. The van der Waals surface area contributed by atoms with Crippen molar-refractivity contribution in [1.82, 2.24) is 4.98 Å². The maximum atomic E-state index is 4.80. The van der Waals surface area contributed by atoms with E-state index in [4.69, 9.17) is 4.98 Å². The van der Waals surface area contributed by atoms with Crippen molar-refractivity contribution in [2.24, 2.45) is 0 Å². The van der Waals surface area contributed by atoms with Crippen molar-refractivity contribution in [2.75, 3.05) is 0 Å². The van der Waals surface area contributed by atoms with Gasteiger partial charge in [0.25, 0.3) is 0 Å². The van der Waals surface area contributed by atoms with Gasteiger partial charge in [0.2, 0.25) is 0 Å². The van der Waals surface area contributed by atoms with Gasteiger partial charge in [0.15, 0.2) is 0 Å². The van der Waals surface area contributed by atoms with Gasteiger partial charge in [-0.05, 0) is 62.9 Å². The monoisotopic (exact) mass is 413 g/mol. The second-order valence-electron chi connectivity index (χ2n) is 9.85. The molecule has 1 heterocycles. The lowest BCUT2D eigenvalue weighted by Gasteiger charge is -2.20. The van der Waals surface area contributed by atoms with Crippen LogP contribution in [0.15, 0.2) is 85.1 Å². The third kappa shape index (κ3) is 3.50. The summed E-state index contributed by atoms with van der Waals surface area (Å²) in [4.78, 5) is 4.80. The van der Waals surface area contributed by atoms with Gasteiger partial charge in [0.1, 0.15) is 7.85 Å². The van der Waals surface area contributed by atoms with E-state index in [-0.39, 0.29) is 5.41 Å². The molecule has 0 fully saturated rings. The molecule has 0 unspecified atom stereocenters. The lowest BCUT2D eigenvalue weighted by atomic mass is 9.84. The Hall–Kier alpha value is -3.39. The number of aromatic nitrogens is 1. The minimum absolute atomic E-state index is 0.142. The van der Waals surface area contributed by atoms with Gasteiger partial charge >= 0.3 is 0 Å². The summed E-state index contributed by atoms with van der Waals surface area (Å²) in [6, 6.07) is 28.8. The summed E-state index contributed by atoms with van der Waals surface area (Å²) in [6.07, 6.45) is 1.94. The van der Waals surface area contributed by atoms with Crippen molar-refractivity contribution in [3.8, 4) is 22.4 Å². The van der Waals surface area contributed by atoms with Crippen molar-refractivity contribution in [2.45, 2.75) is 33.1 Å². The van der Waals surface area contributed by atoms with Crippen LogP contribution in [-0.2, 0) is 5.41 Å². The van der Waals surface area contributed by atoms with Gasteiger partial charge in [-0.1, -0.05) is 93.0 Å². The van der Waals surface area contributed by atoms with Gasteiger partial charge < -0.3 is 0 Å². The summed E-state index contributed by atoms with van der Waals surface area (Å²) in [7, 11) is 2.17. The maximum Gasteiger partial charge on any atom is 0.140 e. The highest BCUT2D eigenvalue weighted by Gasteiger charge is 2.15. The van der Waals surface area contributed by atoms with Crippen LogP contribution in [0.1, 0.15) is 31.9 Å². The van der Waals surface area contributed by atoms with E-state index in [0.29, 0.717) is 0 Å². The summed E-state index contributed by atoms with van der Waals surface area (Å²) in [5.74, 6) is 0. The van der Waals surface area contributed by atoms with Crippen molar-refractivity contribution in [3.63, 3.8) is 0 Å². The normalized spacial score (nSPS) is 11.9. The molecule has 156 valence electrons. The number of hydrogen-bond donors (Lipinski definition) is 0. The predicted molar refractivity (Wildman–Crippen MR) is 142 cm³/mol. The zero-order valence-electron chi connectivity index (χ0n) is 19.5. The van der Waals surface area contributed by atoms with Crippen LogP contribution in [0.3, 0.4) is 0 Å². The molecule has 0 aliphatic heterocycles. The Balaban J connectivity index is 1.65. The summed E-state index contributed by atoms with van der Waals surface area (Å²) >= 11 is 0. The Kier molecular flexibility index (Phi) is 4.89. The molecule has 0 aliphatic carbocycles. The van der Waals surface area contributed by atoms with Gasteiger partial charge in [-0.3, -0.25) is 4.98 Å². The van der Waals surface area contributed by atoms with Crippen LogP contribution in [0.25, 0.3) is 43.9 Å². The average molecular weight is 413 g/mol. The SMILES string of the molecule is Bc1ccccc1-c1ccc(-c2nccc3c2ccc2cc(C(C)(C)C)ccc23)cc1C. The minimum Gasteiger partial charge on any atom is -0.256 e. The number of benzene rings is 4. The molecule has 0 spiro atoms. The Morgan fingerprint density at radius 2 is 1.50 bits per heavy atom. The van der Waals surface area contributed by atoms with Crippen molar-refractivity contribution >= 4 is 34.9 Å². The molecule has 0 aliphatic rings. The number of rotatable bonds is 2. The molecule has 0 amide bonds. The molecular formula is C30H28BN. The average Bonchev–Trinajstić information content (AvgIpc) is 2.78. The topological polar surface area (TPSA) is 12.9 Å². The lowest BCUT2D eigenvalue weighted by Crippen LogP contribution is -2.10. The van der Waals surface area contributed by atoms with Crippen molar-refractivity contribution in [3.05, 3.63) is 96.2 Å². The standard InChI is InChI=1S/C30H28BN/c1-19-17-21(10-12-23(19)26-7-5-6-8-28(26)31)29-27-13-9-20-18-22(30(2,3)4)11-14-24(20)25(27)15-16-32-29/h5-18H,31H2,1-4H3. The van der Waals surface area contributed by atoms with Gasteiger partial charge in [-0.25, -0.2) is 0 Å². The van der Waals surface area contributed by atoms with E-state index < -0.39 is 0 Å². The largest absolute Gasteiger partial charge is 0.256 e. The molecule has 0 bridgehead atoms. The molecule has 1 nitrogen and oxygen atoms in total. The van der Waals surface area contributed by atoms with Crippen LogP contribution >= 0.6 is 0 Å². The molecule has 0 atom stereocenters. The molecule has 0 saturated carbocycles. The highest BCUT2D eigenvalue weighted by molar-refractivity contribution is 6.36. The van der Waals surface area contributed by atoms with E-state index in [1.807, 2.05) is 6.20 Å². The first kappa shape index (κ1) is 20.5. The maximum absolute atomic E-state index is 4.80. The number of hydrogen-bond acceptors (Lipinski definition) is 1. The molecule has 0 saturated heterocycles. The molecule has 5 rings (SSSR count). The molecular weight excluding hydrogens is 385 g/mol. The first-order valence-electron chi connectivity index (χ1n) is 11.3. The van der Waals surface area contributed by atoms with Gasteiger partial charge in [-0.15, -0.1) is 0 Å². The number of fused-ring (bicyclic) bond motifs is 3. The zero-order chi connectivity index (χ0) is 22.5. The summed E-state index contributed by atoms with van der Waals surface area (Å²) in [5, 5.41) is 5.03. The molecule has 5 aromatic rings. The van der Waals surface area contributed by atoms with Crippen LogP contribution in [0.5, 0.6) is 0 Å². The Labute approximate surface area is 191 Å². The van der Waals surface area contributed by atoms with Crippen molar-refractivity contribution < 1.29 is 0 Å². The van der Waals surface area contributed by atoms with E-state index in [2.05, 4.69) is 114 Å². The second-order valence-corrected chi connectivity index (χ2v) is 9.85. The van der Waals surface area contributed by atoms with E-state index in [9.17, 15) is 0 Å². The van der Waals surface area contributed by atoms with E-state index in [0.717, 1.165) is 11.3 Å². The fraction of sp³-hybridized carbons (Fsp3) is 0.167. The fourth-order valence-electron chi connectivity index (χ4n) is 4.68. The quantitative estimate of drug-likeness (QED) is 0.235. The molecule has 2 heteroatoms. The second kappa shape index (κ2) is 7.64. The molecule has 0 N–H and O–H groups in total. The summed E-state index contributed by atoms with van der Waals surface area (Å²) in [5.41, 5.74) is 8.86. The van der Waals surface area contributed by atoms with E-state index in [1.54, 1.807) is 0 Å². The number of aryl methyl sites for hydroxylation is 1. The fourth-order valence-corrected chi connectivity index (χ4v) is 4.68. The molecule has 0 radical (unpaired) electrons. The van der Waals surface area contributed by atoms with Crippen LogP contribution in [0, 0.1) is 6.92 Å². The summed E-state index contributed by atoms with van der Waals surface area (Å²) in [6.45, 7) is 8.99. The predicted octanol–water partition coefficient (Wildman–Crippen LogP) is 6.59. The molecule has 4 aromatic carbocycles. The third-order valence-electron chi connectivity index (χ3n) is 6.56. The third-order valence-corrected chi connectivity index (χ3v) is 6.56. The van der Waals surface area contributed by atoms with Crippen LogP contribution < -0.4 is 5.46 Å². The Bertz CT molecular complexity index is 1470. The van der Waals surface area contributed by atoms with E-state index >= 15 is 0 Å². The first-order chi connectivity index (χ1) is 15.3. The van der Waals surface area contributed by atoms with Crippen LogP contribution in [0.4, 0.5) is 0 Å². The number of nitrogens with zero attached hydrogens (tertiary/aromatic N) is 1. The zero-order valence-corrected chi connectivity index (χ0v) is 19.5. The van der Waals surface area contributed by atoms with Crippen LogP contribution in [-0.4, -0.2) is 12.8 Å². The van der Waals surface area contributed by atoms with Gasteiger partial charge in [-0.2, -0.15) is 0 Å². The van der Waals surface area contributed by atoms with Crippen LogP contribution in [0.2, 0.25) is 0 Å². The van der Waals surface area contributed by atoms with Gasteiger partial charge in [0.05, 0.1) is 5.69 Å². The van der Waals surface area contributed by atoms with E-state index in [1.165, 1.54) is 49.3 Å². The minimum atomic E-state index is 0.142. The Morgan fingerprint density at radius 3 is 2.25 bits per heavy atom. The lowest BCUT2D eigenvalue weighted by molar-refractivity contribution is 0.591. The molecule has 1 aromatic heterocycles. The summed E-state index contributed by atoms with van der Waals surface area (Å²) < 4.78 is 0. The highest BCUT2D eigenvalue weighted by atomic mass is 14.7. The Morgan fingerprint density at radius 1 is 0.719 bits per heavy atom. The first-order valence-corrected chi connectivity index (χ1v) is 11.3. The molecule has 32 heavy (non-hydrogen) atoms. The van der Waals surface area contributed by atoms with Gasteiger partial charge in [0, 0.05) is 17.1 Å². The highest BCUT2D eigenvalue weighted by Crippen LogP contribution is 2.35. The number of pyridine rings is 1. The van der Waals surface area contributed by atoms with Crippen molar-refractivity contribution in [1.29, 1.82) is 0 Å².